The van der Waals surface area contributed by atoms with Crippen LogP contribution in [0.5, 0.6) is 0 Å². The lowest BCUT2D eigenvalue weighted by atomic mass is 10.2. The molecule has 2 aromatic carbocycles. The molecular formula is C22H23BrN4O2. The van der Waals surface area contributed by atoms with Gasteiger partial charge in [0.2, 0.25) is 5.91 Å². The fraction of sp³-hybridized carbons (Fsp3) is 0.273. The highest BCUT2D eigenvalue weighted by molar-refractivity contribution is 9.10. The molecule has 0 spiro atoms. The third-order valence-electron chi connectivity index (χ3n) is 4.88. The summed E-state index contributed by atoms with van der Waals surface area (Å²) in [5.41, 5.74) is 3.90. The molecule has 0 bridgehead atoms. The summed E-state index contributed by atoms with van der Waals surface area (Å²) in [5, 5.41) is 7.47. The van der Waals surface area contributed by atoms with Gasteiger partial charge in [-0.3, -0.25) is 4.79 Å². The summed E-state index contributed by atoms with van der Waals surface area (Å²) in [4.78, 5) is 14.9. The molecule has 0 unspecified atom stereocenters. The van der Waals surface area contributed by atoms with E-state index in [-0.39, 0.29) is 5.91 Å². The van der Waals surface area contributed by atoms with Gasteiger partial charge in [0.25, 0.3) is 0 Å². The standard InChI is InChI=1S/C22H23BrN4O2/c23-18-7-8-21(26-10-12-29-13-11-26)20(14-18)25-22(28)9-6-17-15-24-27(16-17)19-4-2-1-3-5-19/h1-5,7-8,14-16H,6,9-13H2,(H,25,28). The third kappa shape index (κ3) is 5.05. The van der Waals surface area contributed by atoms with Crippen LogP contribution in [0.1, 0.15) is 12.0 Å². The molecule has 4 rings (SSSR count). The number of morpholine rings is 1. The van der Waals surface area contributed by atoms with E-state index in [1.54, 1.807) is 0 Å². The Morgan fingerprint density at radius 3 is 2.72 bits per heavy atom. The molecule has 0 radical (unpaired) electrons. The van der Waals surface area contributed by atoms with Crippen molar-refractivity contribution in [1.29, 1.82) is 0 Å². The number of nitrogens with one attached hydrogen (secondary N) is 1. The van der Waals surface area contributed by atoms with Crippen LogP contribution >= 0.6 is 15.9 Å². The van der Waals surface area contributed by atoms with E-state index in [1.165, 1.54) is 0 Å². The molecule has 29 heavy (non-hydrogen) atoms. The predicted octanol–water partition coefficient (Wildman–Crippen LogP) is 4.04. The van der Waals surface area contributed by atoms with E-state index >= 15 is 0 Å². The van der Waals surface area contributed by atoms with Crippen LogP contribution in [-0.4, -0.2) is 42.0 Å². The molecule has 1 saturated heterocycles. The van der Waals surface area contributed by atoms with Gasteiger partial charge in [-0.15, -0.1) is 0 Å². The smallest absolute Gasteiger partial charge is 0.224 e. The molecule has 1 amide bonds. The number of carbonyl (C=O) groups is 1. The number of benzene rings is 2. The SMILES string of the molecule is O=C(CCc1cnn(-c2ccccc2)c1)Nc1cc(Br)ccc1N1CCOCC1. The Morgan fingerprint density at radius 2 is 1.93 bits per heavy atom. The molecule has 0 saturated carbocycles. The largest absolute Gasteiger partial charge is 0.378 e. The second-order valence-electron chi connectivity index (χ2n) is 6.94. The lowest BCUT2D eigenvalue weighted by molar-refractivity contribution is -0.116. The van der Waals surface area contributed by atoms with Crippen molar-refractivity contribution in [1.82, 2.24) is 9.78 Å². The predicted molar refractivity (Wildman–Crippen MR) is 118 cm³/mol. The average Bonchev–Trinajstić information content (AvgIpc) is 3.23. The van der Waals surface area contributed by atoms with E-state index in [1.807, 2.05) is 65.6 Å². The van der Waals surface area contributed by atoms with Crippen molar-refractivity contribution < 1.29 is 9.53 Å². The lowest BCUT2D eigenvalue weighted by Gasteiger charge is -2.30. The van der Waals surface area contributed by atoms with Crippen LogP contribution in [0.4, 0.5) is 11.4 Å². The quantitative estimate of drug-likeness (QED) is 0.610. The number of hydrogen-bond donors (Lipinski definition) is 1. The number of aromatic nitrogens is 2. The number of carbonyl (C=O) groups excluding carboxylic acids is 1. The first kappa shape index (κ1) is 19.7. The Labute approximate surface area is 178 Å². The minimum atomic E-state index is -0.00919. The van der Waals surface area contributed by atoms with Gasteiger partial charge in [0.05, 0.1) is 36.5 Å². The van der Waals surface area contributed by atoms with Crippen LogP contribution in [0.15, 0.2) is 65.4 Å². The van der Waals surface area contributed by atoms with E-state index in [0.29, 0.717) is 26.1 Å². The van der Waals surface area contributed by atoms with Crippen LogP contribution in [0.3, 0.4) is 0 Å². The number of hydrogen-bond acceptors (Lipinski definition) is 4. The number of nitrogens with zero attached hydrogens (tertiary/aromatic N) is 3. The molecule has 7 heteroatoms. The van der Waals surface area contributed by atoms with Crippen LogP contribution in [-0.2, 0) is 16.0 Å². The number of rotatable bonds is 6. The molecule has 3 aromatic rings. The number of amides is 1. The van der Waals surface area contributed by atoms with Crippen LogP contribution in [0.2, 0.25) is 0 Å². The van der Waals surface area contributed by atoms with Crippen LogP contribution in [0.25, 0.3) is 5.69 Å². The highest BCUT2D eigenvalue weighted by Gasteiger charge is 2.16. The van der Waals surface area contributed by atoms with Crippen molar-refractivity contribution in [3.8, 4) is 5.69 Å². The number of para-hydroxylation sites is 1. The molecule has 1 aliphatic heterocycles. The average molecular weight is 455 g/mol. The molecule has 0 atom stereocenters. The van der Waals surface area contributed by atoms with Crippen LogP contribution < -0.4 is 10.2 Å². The molecule has 1 N–H and O–H groups in total. The number of anilines is 2. The van der Waals surface area contributed by atoms with Gasteiger partial charge in [0, 0.05) is 30.2 Å². The summed E-state index contributed by atoms with van der Waals surface area (Å²) >= 11 is 3.51. The zero-order valence-corrected chi connectivity index (χ0v) is 17.6. The van der Waals surface area contributed by atoms with Crippen molar-refractivity contribution in [2.45, 2.75) is 12.8 Å². The van der Waals surface area contributed by atoms with E-state index in [0.717, 1.165) is 40.2 Å². The van der Waals surface area contributed by atoms with Crippen molar-refractivity contribution in [3.05, 3.63) is 71.0 Å². The van der Waals surface area contributed by atoms with E-state index < -0.39 is 0 Å². The summed E-state index contributed by atoms with van der Waals surface area (Å²) in [7, 11) is 0. The summed E-state index contributed by atoms with van der Waals surface area (Å²) in [5.74, 6) is -0.00919. The Balaban J connectivity index is 1.39. The minimum Gasteiger partial charge on any atom is -0.378 e. The van der Waals surface area contributed by atoms with E-state index in [9.17, 15) is 4.79 Å². The van der Waals surface area contributed by atoms with Gasteiger partial charge in [-0.25, -0.2) is 4.68 Å². The first-order chi connectivity index (χ1) is 14.2. The summed E-state index contributed by atoms with van der Waals surface area (Å²) in [6.07, 6.45) is 4.83. The van der Waals surface area contributed by atoms with Gasteiger partial charge in [-0.1, -0.05) is 34.1 Å². The Morgan fingerprint density at radius 1 is 1.14 bits per heavy atom. The normalized spacial score (nSPS) is 14.0. The number of ether oxygens (including phenoxy) is 1. The first-order valence-electron chi connectivity index (χ1n) is 9.70. The fourth-order valence-electron chi connectivity index (χ4n) is 3.37. The van der Waals surface area contributed by atoms with Gasteiger partial charge in [0.1, 0.15) is 0 Å². The maximum Gasteiger partial charge on any atom is 0.224 e. The van der Waals surface area contributed by atoms with Crippen LogP contribution in [0, 0.1) is 0 Å². The maximum absolute atomic E-state index is 12.6. The Bertz CT molecular complexity index is 968. The second kappa shape index (κ2) is 9.24. The molecular weight excluding hydrogens is 432 g/mol. The van der Waals surface area contributed by atoms with Gasteiger partial charge in [-0.2, -0.15) is 5.10 Å². The first-order valence-corrected chi connectivity index (χ1v) is 10.5. The summed E-state index contributed by atoms with van der Waals surface area (Å²) in [6, 6.07) is 15.9. The monoisotopic (exact) mass is 454 g/mol. The number of halogens is 1. The molecule has 150 valence electrons. The molecule has 1 aliphatic rings. The molecule has 1 aromatic heterocycles. The van der Waals surface area contributed by atoms with Gasteiger partial charge < -0.3 is 15.0 Å². The highest BCUT2D eigenvalue weighted by atomic mass is 79.9. The van der Waals surface area contributed by atoms with Gasteiger partial charge in [-0.05, 0) is 42.3 Å². The summed E-state index contributed by atoms with van der Waals surface area (Å²) < 4.78 is 8.21. The zero-order valence-electron chi connectivity index (χ0n) is 16.1. The highest BCUT2D eigenvalue weighted by Crippen LogP contribution is 2.30. The topological polar surface area (TPSA) is 59.4 Å². The Hall–Kier alpha value is -2.64. The second-order valence-corrected chi connectivity index (χ2v) is 7.85. The van der Waals surface area contributed by atoms with Crippen molar-refractivity contribution in [3.63, 3.8) is 0 Å². The Kier molecular flexibility index (Phi) is 6.27. The maximum atomic E-state index is 12.6. The van der Waals surface area contributed by atoms with Crippen molar-refractivity contribution in [2.24, 2.45) is 0 Å². The van der Waals surface area contributed by atoms with Crippen molar-refractivity contribution >= 4 is 33.2 Å². The molecule has 0 aliphatic carbocycles. The molecule has 6 nitrogen and oxygen atoms in total. The molecule has 1 fully saturated rings. The zero-order chi connectivity index (χ0) is 20.1. The minimum absolute atomic E-state index is 0.00919. The fourth-order valence-corrected chi connectivity index (χ4v) is 3.73. The lowest BCUT2D eigenvalue weighted by Crippen LogP contribution is -2.36. The van der Waals surface area contributed by atoms with E-state index in [2.05, 4.69) is 31.2 Å². The summed E-state index contributed by atoms with van der Waals surface area (Å²) in [6.45, 7) is 3.05. The van der Waals surface area contributed by atoms with Gasteiger partial charge in [0.15, 0.2) is 0 Å². The number of aryl methyl sites for hydroxylation is 1. The van der Waals surface area contributed by atoms with Crippen molar-refractivity contribution in [2.75, 3.05) is 36.5 Å². The molecule has 2 heterocycles. The van der Waals surface area contributed by atoms with Gasteiger partial charge >= 0.3 is 0 Å². The third-order valence-corrected chi connectivity index (χ3v) is 5.38. The van der Waals surface area contributed by atoms with E-state index in [4.69, 9.17) is 4.74 Å².